The van der Waals surface area contributed by atoms with Crippen LogP contribution >= 0.6 is 27.3 Å². The Balaban J connectivity index is 1.95. The predicted octanol–water partition coefficient (Wildman–Crippen LogP) is 5.04. The van der Waals surface area contributed by atoms with Crippen molar-refractivity contribution in [1.82, 2.24) is 9.97 Å². The van der Waals surface area contributed by atoms with Gasteiger partial charge in [-0.3, -0.25) is 0 Å². The molecule has 0 atom stereocenters. The van der Waals surface area contributed by atoms with E-state index < -0.39 is 11.9 Å². The van der Waals surface area contributed by atoms with Gasteiger partial charge in [0.2, 0.25) is 5.96 Å². The van der Waals surface area contributed by atoms with E-state index in [-0.39, 0.29) is 17.6 Å². The minimum Gasteiger partial charge on any atom is -0.369 e. The zero-order chi connectivity index (χ0) is 18.7. The summed E-state index contributed by atoms with van der Waals surface area (Å²) >= 11 is 4.57. The maximum Gasteiger partial charge on any atom is 0.433 e. The highest BCUT2D eigenvalue weighted by Crippen LogP contribution is 2.32. The molecule has 0 amide bonds. The van der Waals surface area contributed by atoms with Crippen LogP contribution in [0.3, 0.4) is 0 Å². The molecule has 0 aliphatic heterocycles. The molecule has 2 aromatic heterocycles. The molecule has 134 valence electrons. The summed E-state index contributed by atoms with van der Waals surface area (Å²) in [5, 5.41) is 4.53. The minimum atomic E-state index is -4.62. The average Bonchev–Trinajstić information content (AvgIpc) is 3.10. The van der Waals surface area contributed by atoms with Crippen molar-refractivity contribution in [2.45, 2.75) is 6.18 Å². The first-order valence-corrected chi connectivity index (χ1v) is 8.85. The van der Waals surface area contributed by atoms with Gasteiger partial charge in [-0.25, -0.2) is 9.97 Å². The Bertz CT molecular complexity index is 924. The Kier molecular flexibility index (Phi) is 5.23. The van der Waals surface area contributed by atoms with Crippen LogP contribution in [0.15, 0.2) is 57.3 Å². The highest BCUT2D eigenvalue weighted by molar-refractivity contribution is 9.10. The summed E-state index contributed by atoms with van der Waals surface area (Å²) in [5.41, 5.74) is 5.46. The van der Waals surface area contributed by atoms with E-state index >= 15 is 0 Å². The van der Waals surface area contributed by atoms with Crippen molar-refractivity contribution in [2.24, 2.45) is 10.7 Å². The fraction of sp³-hybridized carbons (Fsp3) is 0.0625. The molecule has 5 nitrogen and oxygen atoms in total. The summed E-state index contributed by atoms with van der Waals surface area (Å²) in [6, 6.07) is 11.3. The molecular weight excluding hydrogens is 431 g/mol. The summed E-state index contributed by atoms with van der Waals surface area (Å²) < 4.78 is 40.3. The fourth-order valence-corrected chi connectivity index (χ4v) is 2.95. The van der Waals surface area contributed by atoms with Crippen molar-refractivity contribution in [3.05, 3.63) is 58.0 Å². The van der Waals surface area contributed by atoms with Crippen LogP contribution < -0.4 is 11.1 Å². The van der Waals surface area contributed by atoms with Gasteiger partial charge in [0.05, 0.1) is 10.6 Å². The monoisotopic (exact) mass is 441 g/mol. The van der Waals surface area contributed by atoms with Crippen LogP contribution in [0.5, 0.6) is 0 Å². The van der Waals surface area contributed by atoms with E-state index in [4.69, 9.17) is 5.73 Å². The van der Waals surface area contributed by atoms with Crippen LogP contribution in [-0.4, -0.2) is 15.9 Å². The number of anilines is 1. The normalized spacial score (nSPS) is 12.2. The van der Waals surface area contributed by atoms with Crippen LogP contribution in [-0.2, 0) is 6.18 Å². The molecule has 0 radical (unpaired) electrons. The van der Waals surface area contributed by atoms with Gasteiger partial charge in [0, 0.05) is 10.2 Å². The van der Waals surface area contributed by atoms with Crippen LogP contribution in [0.4, 0.5) is 24.8 Å². The number of hydrogen-bond acceptors (Lipinski definition) is 4. The van der Waals surface area contributed by atoms with Gasteiger partial charge >= 0.3 is 6.18 Å². The van der Waals surface area contributed by atoms with Crippen molar-refractivity contribution < 1.29 is 13.2 Å². The molecule has 0 aliphatic carbocycles. The number of nitrogens with one attached hydrogen (secondary N) is 1. The number of rotatable bonds is 3. The molecule has 3 rings (SSSR count). The SMILES string of the molecule is NC(=Nc1nc(-c2cccs2)cc(C(F)(F)F)n1)Nc1ccc(Br)cc1. The number of thiophene rings is 1. The summed E-state index contributed by atoms with van der Waals surface area (Å²) in [5.74, 6) is -0.492. The van der Waals surface area contributed by atoms with Crippen molar-refractivity contribution >= 4 is 44.9 Å². The van der Waals surface area contributed by atoms with E-state index in [1.54, 1.807) is 41.8 Å². The van der Waals surface area contributed by atoms with Gasteiger partial charge in [0.1, 0.15) is 0 Å². The number of benzene rings is 1. The molecule has 0 bridgehead atoms. The smallest absolute Gasteiger partial charge is 0.369 e. The number of guanidine groups is 1. The van der Waals surface area contributed by atoms with E-state index in [2.05, 4.69) is 36.2 Å². The molecule has 10 heteroatoms. The first-order chi connectivity index (χ1) is 12.3. The second kappa shape index (κ2) is 7.42. The van der Waals surface area contributed by atoms with Crippen LogP contribution in [0.2, 0.25) is 0 Å². The third-order valence-electron chi connectivity index (χ3n) is 3.12. The lowest BCUT2D eigenvalue weighted by Gasteiger charge is -2.09. The Labute approximate surface area is 159 Å². The average molecular weight is 442 g/mol. The molecule has 1 aromatic carbocycles. The zero-order valence-electron chi connectivity index (χ0n) is 13.0. The molecule has 26 heavy (non-hydrogen) atoms. The van der Waals surface area contributed by atoms with E-state index in [9.17, 15) is 13.2 Å². The quantitative estimate of drug-likeness (QED) is 0.440. The molecule has 3 N–H and O–H groups in total. The summed E-state index contributed by atoms with van der Waals surface area (Å²) in [7, 11) is 0. The molecule has 0 aliphatic rings. The summed E-state index contributed by atoms with van der Waals surface area (Å²) in [6.45, 7) is 0. The minimum absolute atomic E-state index is 0.122. The second-order valence-corrected chi connectivity index (χ2v) is 6.91. The maximum atomic E-state index is 13.1. The third kappa shape index (κ3) is 4.58. The number of nitrogens with zero attached hydrogens (tertiary/aromatic N) is 3. The van der Waals surface area contributed by atoms with E-state index in [0.29, 0.717) is 10.6 Å². The number of aromatic nitrogens is 2. The Morgan fingerprint density at radius 3 is 2.50 bits per heavy atom. The van der Waals surface area contributed by atoms with Gasteiger partial charge in [-0.1, -0.05) is 22.0 Å². The second-order valence-electron chi connectivity index (χ2n) is 5.04. The number of hydrogen-bond donors (Lipinski definition) is 2. The van der Waals surface area contributed by atoms with Gasteiger partial charge in [-0.15, -0.1) is 11.3 Å². The first kappa shape index (κ1) is 18.3. The van der Waals surface area contributed by atoms with E-state index in [0.717, 1.165) is 10.5 Å². The number of aliphatic imine (C=N–C) groups is 1. The lowest BCUT2D eigenvalue weighted by molar-refractivity contribution is -0.141. The molecule has 0 spiro atoms. The molecule has 0 saturated heterocycles. The van der Waals surface area contributed by atoms with Gasteiger partial charge in [0.15, 0.2) is 5.69 Å². The van der Waals surface area contributed by atoms with Gasteiger partial charge < -0.3 is 11.1 Å². The van der Waals surface area contributed by atoms with Crippen molar-refractivity contribution in [1.29, 1.82) is 0 Å². The number of nitrogens with two attached hydrogens (primary N) is 1. The van der Waals surface area contributed by atoms with E-state index in [1.807, 2.05) is 0 Å². The Hall–Kier alpha value is -2.46. The first-order valence-electron chi connectivity index (χ1n) is 7.18. The number of halogens is 4. The highest BCUT2D eigenvalue weighted by Gasteiger charge is 2.34. The molecule has 0 fully saturated rings. The van der Waals surface area contributed by atoms with Crippen molar-refractivity contribution in [2.75, 3.05) is 5.32 Å². The molecule has 0 saturated carbocycles. The molecule has 3 aromatic rings. The Morgan fingerprint density at radius 1 is 1.15 bits per heavy atom. The highest BCUT2D eigenvalue weighted by atomic mass is 79.9. The van der Waals surface area contributed by atoms with Gasteiger partial charge in [-0.05, 0) is 41.8 Å². The van der Waals surface area contributed by atoms with Gasteiger partial charge in [-0.2, -0.15) is 18.2 Å². The standard InChI is InChI=1S/C16H11BrF3N5S/c17-9-3-5-10(6-4-9)22-14(21)25-15-23-11(12-2-1-7-26-12)8-13(24-15)16(18,19)20/h1-8H,(H3,21,22,23,24,25). The van der Waals surface area contributed by atoms with Crippen LogP contribution in [0.25, 0.3) is 10.6 Å². The zero-order valence-corrected chi connectivity index (χ0v) is 15.4. The lowest BCUT2D eigenvalue weighted by Crippen LogP contribution is -2.22. The lowest BCUT2D eigenvalue weighted by atomic mass is 10.3. The predicted molar refractivity (Wildman–Crippen MR) is 99.4 cm³/mol. The largest absolute Gasteiger partial charge is 0.433 e. The third-order valence-corrected chi connectivity index (χ3v) is 4.54. The Morgan fingerprint density at radius 2 is 1.88 bits per heavy atom. The van der Waals surface area contributed by atoms with Crippen LogP contribution in [0, 0.1) is 0 Å². The molecule has 2 heterocycles. The topological polar surface area (TPSA) is 76.2 Å². The summed E-state index contributed by atoms with van der Waals surface area (Å²) in [4.78, 5) is 12.0. The summed E-state index contributed by atoms with van der Waals surface area (Å²) in [6.07, 6.45) is -4.62. The van der Waals surface area contributed by atoms with Crippen molar-refractivity contribution in [3.63, 3.8) is 0 Å². The van der Waals surface area contributed by atoms with Crippen molar-refractivity contribution in [3.8, 4) is 10.6 Å². The van der Waals surface area contributed by atoms with Crippen LogP contribution in [0.1, 0.15) is 5.69 Å². The molecular formula is C16H11BrF3N5S. The fourth-order valence-electron chi connectivity index (χ4n) is 2.00. The van der Waals surface area contributed by atoms with Gasteiger partial charge in [0.25, 0.3) is 5.95 Å². The maximum absolute atomic E-state index is 13.1. The number of alkyl halides is 3. The van der Waals surface area contributed by atoms with E-state index in [1.165, 1.54) is 11.3 Å². The molecule has 0 unspecified atom stereocenters.